The molecule has 10 heteroatoms. The van der Waals surface area contributed by atoms with Crippen LogP contribution in [0.25, 0.3) is 0 Å². The summed E-state index contributed by atoms with van der Waals surface area (Å²) in [6.07, 6.45) is -1.32. The van der Waals surface area contributed by atoms with E-state index in [2.05, 4.69) is 26.6 Å². The molecule has 26 heavy (non-hydrogen) atoms. The number of nitro benzene ring substituents is 1. The lowest BCUT2D eigenvalue weighted by molar-refractivity contribution is -0.385. The van der Waals surface area contributed by atoms with Crippen LogP contribution < -0.4 is 10.6 Å². The van der Waals surface area contributed by atoms with Crippen molar-refractivity contribution < 1.29 is 24.4 Å². The molecule has 0 radical (unpaired) electrons. The van der Waals surface area contributed by atoms with E-state index in [1.54, 1.807) is 6.07 Å². The molecule has 0 aliphatic carbocycles. The van der Waals surface area contributed by atoms with E-state index in [9.17, 15) is 19.7 Å². The number of hydrogen-bond acceptors (Lipinski definition) is 5. The van der Waals surface area contributed by atoms with Gasteiger partial charge >= 0.3 is 6.09 Å². The van der Waals surface area contributed by atoms with Crippen LogP contribution in [-0.2, 0) is 11.3 Å². The minimum Gasteiger partial charge on any atom is -0.465 e. The zero-order valence-corrected chi connectivity index (χ0v) is 15.1. The third-order valence-electron chi connectivity index (χ3n) is 3.31. The van der Waals surface area contributed by atoms with Crippen molar-refractivity contribution in [3.05, 3.63) is 62.1 Å². The number of carbonyl (C=O) groups excluding carboxylic acids is 1. The molecule has 2 aromatic rings. The Labute approximate surface area is 156 Å². The van der Waals surface area contributed by atoms with E-state index in [0.717, 1.165) is 0 Å². The first-order valence-electron chi connectivity index (χ1n) is 7.19. The summed E-state index contributed by atoms with van der Waals surface area (Å²) in [5.41, 5.74) is 0.525. The normalized spacial score (nSPS) is 10.2. The van der Waals surface area contributed by atoms with Gasteiger partial charge in [-0.1, -0.05) is 15.9 Å². The maximum Gasteiger partial charge on any atom is 0.409 e. The van der Waals surface area contributed by atoms with Crippen LogP contribution >= 0.6 is 15.9 Å². The Bertz CT molecular complexity index is 871. The summed E-state index contributed by atoms with van der Waals surface area (Å²) in [6, 6.07) is 8.64. The van der Waals surface area contributed by atoms with Crippen LogP contribution in [0.15, 0.2) is 40.9 Å². The minimum absolute atomic E-state index is 0.0595. The van der Waals surface area contributed by atoms with E-state index < -0.39 is 16.9 Å². The van der Waals surface area contributed by atoms with Crippen molar-refractivity contribution >= 4 is 45.0 Å². The molecule has 0 aromatic heterocycles. The lowest BCUT2D eigenvalue weighted by atomic mass is 10.1. The molecule has 0 atom stereocenters. The third kappa shape index (κ3) is 4.77. The highest BCUT2D eigenvalue weighted by Gasteiger charge is 2.18. The number of anilines is 2. The average Bonchev–Trinajstić information content (AvgIpc) is 2.55. The first kappa shape index (κ1) is 19.3. The van der Waals surface area contributed by atoms with Crippen molar-refractivity contribution in [2.45, 2.75) is 6.61 Å². The van der Waals surface area contributed by atoms with Crippen LogP contribution in [0.3, 0.4) is 0 Å². The largest absolute Gasteiger partial charge is 0.465 e. The molecule has 136 valence electrons. The first-order chi connectivity index (χ1) is 12.3. The lowest BCUT2D eigenvalue weighted by Crippen LogP contribution is -2.17. The van der Waals surface area contributed by atoms with Crippen LogP contribution in [0.2, 0.25) is 0 Å². The second-order valence-electron chi connectivity index (χ2n) is 5.11. The molecule has 0 aliphatic rings. The van der Waals surface area contributed by atoms with E-state index in [1.165, 1.54) is 37.4 Å². The number of nitrogens with zero attached hydrogens (tertiary/aromatic N) is 1. The van der Waals surface area contributed by atoms with Gasteiger partial charge < -0.3 is 15.2 Å². The topological polar surface area (TPSA) is 131 Å². The van der Waals surface area contributed by atoms with Gasteiger partial charge in [-0.3, -0.25) is 20.2 Å². The number of hydrogen-bond donors (Lipinski definition) is 3. The van der Waals surface area contributed by atoms with Crippen molar-refractivity contribution in [2.75, 3.05) is 17.7 Å². The van der Waals surface area contributed by atoms with Crippen molar-refractivity contribution in [1.29, 1.82) is 0 Å². The molecule has 0 heterocycles. The van der Waals surface area contributed by atoms with Gasteiger partial charge in [0.05, 0.1) is 28.3 Å². The summed E-state index contributed by atoms with van der Waals surface area (Å²) in [5, 5.41) is 24.7. The van der Waals surface area contributed by atoms with Crippen molar-refractivity contribution in [3.8, 4) is 0 Å². The van der Waals surface area contributed by atoms with E-state index in [1.807, 2.05) is 0 Å². The van der Waals surface area contributed by atoms with Crippen molar-refractivity contribution in [1.82, 2.24) is 0 Å². The van der Waals surface area contributed by atoms with Crippen LogP contribution in [-0.4, -0.2) is 29.1 Å². The molecular weight excluding hydrogens is 410 g/mol. The van der Waals surface area contributed by atoms with Gasteiger partial charge in [0.2, 0.25) is 0 Å². The molecule has 0 bridgehead atoms. The summed E-state index contributed by atoms with van der Waals surface area (Å²) in [4.78, 5) is 34.0. The molecule has 0 saturated carbocycles. The van der Waals surface area contributed by atoms with E-state index in [4.69, 9.17) is 9.84 Å². The second kappa shape index (κ2) is 8.41. The van der Waals surface area contributed by atoms with Crippen LogP contribution in [0, 0.1) is 10.1 Å². The first-order valence-corrected chi connectivity index (χ1v) is 7.98. The number of carboxylic acid groups (broad SMARTS) is 1. The Morgan fingerprint density at radius 2 is 1.96 bits per heavy atom. The fourth-order valence-corrected chi connectivity index (χ4v) is 2.58. The lowest BCUT2D eigenvalue weighted by Gasteiger charge is -2.11. The van der Waals surface area contributed by atoms with Crippen molar-refractivity contribution in [3.63, 3.8) is 0 Å². The molecule has 0 spiro atoms. The highest BCUT2D eigenvalue weighted by atomic mass is 79.9. The number of carbonyl (C=O) groups is 2. The van der Waals surface area contributed by atoms with Gasteiger partial charge in [-0.05, 0) is 30.3 Å². The molecule has 0 unspecified atom stereocenters. The van der Waals surface area contributed by atoms with Gasteiger partial charge in [-0.2, -0.15) is 0 Å². The Hall–Kier alpha value is -2.98. The second-order valence-corrected chi connectivity index (χ2v) is 6.02. The molecule has 2 amide bonds. The number of ether oxygens (including phenoxy) is 1. The molecule has 0 saturated heterocycles. The summed E-state index contributed by atoms with van der Waals surface area (Å²) in [5.74, 6) is -0.616. The van der Waals surface area contributed by atoms with Gasteiger partial charge in [0.1, 0.15) is 0 Å². The van der Waals surface area contributed by atoms with E-state index in [-0.39, 0.29) is 29.2 Å². The number of methoxy groups -OCH3 is 1. The molecule has 3 N–H and O–H groups in total. The third-order valence-corrected chi connectivity index (χ3v) is 3.80. The summed E-state index contributed by atoms with van der Waals surface area (Å²) >= 11 is 3.20. The Balaban J connectivity index is 2.31. The van der Waals surface area contributed by atoms with Crippen LogP contribution in [0.1, 0.15) is 15.9 Å². The highest BCUT2D eigenvalue weighted by Crippen LogP contribution is 2.26. The molecular formula is C16H14BrN3O6. The predicted molar refractivity (Wildman–Crippen MR) is 97.6 cm³/mol. The van der Waals surface area contributed by atoms with E-state index in [0.29, 0.717) is 10.0 Å². The highest BCUT2D eigenvalue weighted by molar-refractivity contribution is 9.10. The summed E-state index contributed by atoms with van der Waals surface area (Å²) in [7, 11) is 1.42. The summed E-state index contributed by atoms with van der Waals surface area (Å²) in [6.45, 7) is 0.0595. The number of nitrogens with one attached hydrogen (secondary N) is 2. The van der Waals surface area contributed by atoms with Gasteiger partial charge in [0.25, 0.3) is 11.6 Å². The van der Waals surface area contributed by atoms with Gasteiger partial charge in [-0.15, -0.1) is 0 Å². The standard InChI is InChI=1S/C16H14BrN3O6/c1-26-8-9-2-4-11(7-14(9)20(24)25)18-15(21)12-5-3-10(17)6-13(12)19-16(22)23/h2-7,19H,8H2,1H3,(H,18,21)(H,22,23). The fourth-order valence-electron chi connectivity index (χ4n) is 2.22. The Morgan fingerprint density at radius 1 is 1.23 bits per heavy atom. The van der Waals surface area contributed by atoms with Crippen LogP contribution in [0.4, 0.5) is 21.9 Å². The Morgan fingerprint density at radius 3 is 2.58 bits per heavy atom. The van der Waals surface area contributed by atoms with Gasteiger partial charge in [-0.25, -0.2) is 4.79 Å². The van der Waals surface area contributed by atoms with Crippen LogP contribution in [0.5, 0.6) is 0 Å². The van der Waals surface area contributed by atoms with E-state index >= 15 is 0 Å². The monoisotopic (exact) mass is 423 g/mol. The smallest absolute Gasteiger partial charge is 0.409 e. The number of halogens is 1. The number of nitro groups is 1. The molecule has 0 fully saturated rings. The Kier molecular flexibility index (Phi) is 6.26. The predicted octanol–water partition coefficient (Wildman–Crippen LogP) is 3.85. The molecule has 0 aliphatic heterocycles. The fraction of sp³-hybridized carbons (Fsp3) is 0.125. The summed E-state index contributed by atoms with van der Waals surface area (Å²) < 4.78 is 5.49. The number of amides is 2. The molecule has 2 rings (SSSR count). The van der Waals surface area contributed by atoms with Crippen molar-refractivity contribution in [2.24, 2.45) is 0 Å². The zero-order valence-electron chi connectivity index (χ0n) is 13.5. The minimum atomic E-state index is -1.32. The molecule has 2 aromatic carbocycles. The van der Waals surface area contributed by atoms with Gasteiger partial charge in [0, 0.05) is 23.3 Å². The average molecular weight is 424 g/mol. The molecule has 9 nitrogen and oxygen atoms in total. The number of benzene rings is 2. The maximum atomic E-state index is 12.5. The quantitative estimate of drug-likeness (QED) is 0.477. The van der Waals surface area contributed by atoms with Gasteiger partial charge in [0.15, 0.2) is 0 Å². The maximum absolute atomic E-state index is 12.5. The SMILES string of the molecule is COCc1ccc(NC(=O)c2ccc(Br)cc2NC(=O)O)cc1[N+](=O)[O-]. The number of rotatable bonds is 6. The zero-order chi connectivity index (χ0) is 19.3.